The van der Waals surface area contributed by atoms with Gasteiger partial charge in [0.15, 0.2) is 11.5 Å². The highest BCUT2D eigenvalue weighted by molar-refractivity contribution is 6.21. The van der Waals surface area contributed by atoms with Gasteiger partial charge in [0.05, 0.1) is 24.8 Å². The highest BCUT2D eigenvalue weighted by atomic mass is 16.5. The van der Waals surface area contributed by atoms with E-state index in [0.29, 0.717) is 42.2 Å². The zero-order chi connectivity index (χ0) is 17.8. The normalized spacial score (nSPS) is 13.1. The lowest BCUT2D eigenvalue weighted by Gasteiger charge is -2.15. The van der Waals surface area contributed by atoms with Gasteiger partial charge in [0.2, 0.25) is 0 Å². The van der Waals surface area contributed by atoms with Crippen LogP contribution in [0.1, 0.15) is 39.6 Å². The molecule has 5 nitrogen and oxygen atoms in total. The molecule has 0 bridgehead atoms. The molecule has 1 aliphatic rings. The van der Waals surface area contributed by atoms with Gasteiger partial charge >= 0.3 is 0 Å². The summed E-state index contributed by atoms with van der Waals surface area (Å²) >= 11 is 0. The van der Waals surface area contributed by atoms with Crippen molar-refractivity contribution < 1.29 is 19.1 Å². The lowest BCUT2D eigenvalue weighted by Crippen LogP contribution is -2.31. The molecule has 2 aromatic carbocycles. The van der Waals surface area contributed by atoms with Gasteiger partial charge in [-0.15, -0.1) is 0 Å². The number of fused-ring (bicyclic) bond motifs is 1. The largest absolute Gasteiger partial charge is 0.493 e. The van der Waals surface area contributed by atoms with E-state index in [9.17, 15) is 9.59 Å². The second-order valence-corrected chi connectivity index (χ2v) is 5.85. The fourth-order valence-electron chi connectivity index (χ4n) is 2.90. The Morgan fingerprint density at radius 1 is 0.960 bits per heavy atom. The number of benzene rings is 2. The summed E-state index contributed by atoms with van der Waals surface area (Å²) in [6.07, 6.45) is 1.49. The van der Waals surface area contributed by atoms with E-state index in [1.165, 1.54) is 10.5 Å². The van der Waals surface area contributed by atoms with Gasteiger partial charge in [0.1, 0.15) is 0 Å². The molecule has 0 radical (unpaired) electrons. The fraction of sp³-hybridized carbons (Fsp3) is 0.300. The Morgan fingerprint density at radius 2 is 1.64 bits per heavy atom. The Bertz CT molecular complexity index is 765. The summed E-state index contributed by atoms with van der Waals surface area (Å²) in [6, 6.07) is 12.8. The molecule has 0 fully saturated rings. The quantitative estimate of drug-likeness (QED) is 0.573. The Hall–Kier alpha value is -2.82. The van der Waals surface area contributed by atoms with Crippen molar-refractivity contribution >= 4 is 11.8 Å². The number of aryl methyl sites for hydroxylation is 1. The average molecular weight is 339 g/mol. The molecule has 25 heavy (non-hydrogen) atoms. The van der Waals surface area contributed by atoms with Crippen LogP contribution in [-0.2, 0) is 6.42 Å². The van der Waals surface area contributed by atoms with E-state index in [1.807, 2.05) is 18.2 Å². The molecule has 0 unspecified atom stereocenters. The minimum Gasteiger partial charge on any atom is -0.493 e. The zero-order valence-electron chi connectivity index (χ0n) is 14.5. The Morgan fingerprint density at radius 3 is 2.24 bits per heavy atom. The van der Waals surface area contributed by atoms with Gasteiger partial charge in [-0.1, -0.05) is 25.1 Å². The maximum atomic E-state index is 12.3. The molecule has 0 saturated carbocycles. The molecular weight excluding hydrogens is 318 g/mol. The minimum atomic E-state index is -0.231. The molecule has 2 amide bonds. The van der Waals surface area contributed by atoms with Crippen LogP contribution in [0.3, 0.4) is 0 Å². The Labute approximate surface area is 147 Å². The second-order valence-electron chi connectivity index (χ2n) is 5.85. The van der Waals surface area contributed by atoms with Crippen molar-refractivity contribution in [2.24, 2.45) is 0 Å². The van der Waals surface area contributed by atoms with Crippen LogP contribution in [0.2, 0.25) is 0 Å². The van der Waals surface area contributed by atoms with Crippen molar-refractivity contribution in [1.29, 1.82) is 0 Å². The van der Waals surface area contributed by atoms with E-state index in [1.54, 1.807) is 31.4 Å². The molecule has 1 heterocycles. The van der Waals surface area contributed by atoms with Crippen LogP contribution in [0.15, 0.2) is 42.5 Å². The van der Waals surface area contributed by atoms with Crippen LogP contribution in [0.25, 0.3) is 0 Å². The summed E-state index contributed by atoms with van der Waals surface area (Å²) in [5, 5.41) is 0. The van der Waals surface area contributed by atoms with E-state index >= 15 is 0 Å². The standard InChI is InChI=1S/C20H21NO4/c1-3-14-9-10-17(18(13-14)24-2)25-12-6-11-21-19(22)15-7-4-5-8-16(15)20(21)23/h4-5,7-10,13H,3,6,11-12H2,1-2H3. The maximum absolute atomic E-state index is 12.3. The monoisotopic (exact) mass is 339 g/mol. The van der Waals surface area contributed by atoms with Gasteiger partial charge < -0.3 is 9.47 Å². The van der Waals surface area contributed by atoms with Crippen LogP contribution < -0.4 is 9.47 Å². The van der Waals surface area contributed by atoms with Crippen molar-refractivity contribution in [2.75, 3.05) is 20.3 Å². The van der Waals surface area contributed by atoms with Crippen molar-refractivity contribution in [3.05, 3.63) is 59.2 Å². The molecule has 3 rings (SSSR count). The molecule has 2 aromatic rings. The first-order valence-electron chi connectivity index (χ1n) is 8.40. The van der Waals surface area contributed by atoms with Crippen LogP contribution in [0, 0.1) is 0 Å². The number of nitrogens with zero attached hydrogens (tertiary/aromatic N) is 1. The lowest BCUT2D eigenvalue weighted by atomic mass is 10.1. The number of carbonyl (C=O) groups excluding carboxylic acids is 2. The van der Waals surface area contributed by atoms with Crippen molar-refractivity contribution in [2.45, 2.75) is 19.8 Å². The van der Waals surface area contributed by atoms with Crippen molar-refractivity contribution in [3.8, 4) is 11.5 Å². The predicted octanol–water partition coefficient (Wildman–Crippen LogP) is 3.32. The fourth-order valence-corrected chi connectivity index (χ4v) is 2.90. The van der Waals surface area contributed by atoms with Crippen LogP contribution >= 0.6 is 0 Å². The lowest BCUT2D eigenvalue weighted by molar-refractivity contribution is 0.0646. The topological polar surface area (TPSA) is 55.8 Å². The first-order chi connectivity index (χ1) is 12.2. The number of ether oxygens (including phenoxy) is 2. The van der Waals surface area contributed by atoms with Crippen molar-refractivity contribution in [3.63, 3.8) is 0 Å². The van der Waals surface area contributed by atoms with Crippen LogP contribution in [-0.4, -0.2) is 37.0 Å². The predicted molar refractivity (Wildman–Crippen MR) is 94.3 cm³/mol. The Balaban J connectivity index is 1.56. The molecule has 1 aliphatic heterocycles. The van der Waals surface area contributed by atoms with E-state index in [4.69, 9.17) is 9.47 Å². The molecule has 0 saturated heterocycles. The van der Waals surface area contributed by atoms with E-state index in [-0.39, 0.29) is 11.8 Å². The van der Waals surface area contributed by atoms with E-state index in [2.05, 4.69) is 6.92 Å². The molecule has 0 atom stereocenters. The molecule has 0 N–H and O–H groups in total. The summed E-state index contributed by atoms with van der Waals surface area (Å²) in [7, 11) is 1.61. The van der Waals surface area contributed by atoms with Gasteiger partial charge in [-0.3, -0.25) is 14.5 Å². The maximum Gasteiger partial charge on any atom is 0.261 e. The molecule has 5 heteroatoms. The zero-order valence-corrected chi connectivity index (χ0v) is 14.5. The van der Waals surface area contributed by atoms with E-state index < -0.39 is 0 Å². The SMILES string of the molecule is CCc1ccc(OCCCN2C(=O)c3ccccc3C2=O)c(OC)c1. The van der Waals surface area contributed by atoms with Crippen LogP contribution in [0.4, 0.5) is 0 Å². The first kappa shape index (κ1) is 17.0. The van der Waals surface area contributed by atoms with Gasteiger partial charge in [-0.2, -0.15) is 0 Å². The minimum absolute atomic E-state index is 0.231. The number of carbonyl (C=O) groups is 2. The third-order valence-electron chi connectivity index (χ3n) is 4.30. The van der Waals surface area contributed by atoms with Gasteiger partial charge in [0.25, 0.3) is 11.8 Å². The average Bonchev–Trinajstić information content (AvgIpc) is 2.90. The highest BCUT2D eigenvalue weighted by Gasteiger charge is 2.34. The van der Waals surface area contributed by atoms with Crippen LogP contribution in [0.5, 0.6) is 11.5 Å². The van der Waals surface area contributed by atoms with Gasteiger partial charge in [0, 0.05) is 6.54 Å². The molecule has 0 spiro atoms. The number of rotatable bonds is 7. The Kier molecular flexibility index (Phi) is 5.03. The third kappa shape index (κ3) is 3.36. The van der Waals surface area contributed by atoms with Gasteiger partial charge in [-0.25, -0.2) is 0 Å². The summed E-state index contributed by atoms with van der Waals surface area (Å²) in [5.41, 5.74) is 2.13. The third-order valence-corrected chi connectivity index (χ3v) is 4.30. The molecule has 130 valence electrons. The smallest absolute Gasteiger partial charge is 0.261 e. The summed E-state index contributed by atoms with van der Waals surface area (Å²) in [5.74, 6) is 0.901. The molecule has 0 aliphatic carbocycles. The summed E-state index contributed by atoms with van der Waals surface area (Å²) in [4.78, 5) is 25.9. The number of hydrogen-bond acceptors (Lipinski definition) is 4. The molecular formula is C20H21NO4. The molecule has 0 aromatic heterocycles. The second kappa shape index (κ2) is 7.38. The van der Waals surface area contributed by atoms with Crippen molar-refractivity contribution in [1.82, 2.24) is 4.90 Å². The highest BCUT2D eigenvalue weighted by Crippen LogP contribution is 2.28. The number of methoxy groups -OCH3 is 1. The summed E-state index contributed by atoms with van der Waals surface area (Å²) in [6.45, 7) is 2.81. The van der Waals surface area contributed by atoms with E-state index in [0.717, 1.165) is 6.42 Å². The first-order valence-corrected chi connectivity index (χ1v) is 8.40. The number of amides is 2. The number of hydrogen-bond donors (Lipinski definition) is 0. The number of imide groups is 1. The summed E-state index contributed by atoms with van der Waals surface area (Å²) < 4.78 is 11.1. The van der Waals surface area contributed by atoms with Gasteiger partial charge in [-0.05, 0) is 42.7 Å².